The molecule has 0 unspecified atom stereocenters. The van der Waals surface area contributed by atoms with Gasteiger partial charge in [-0.1, -0.05) is 81.1 Å². The van der Waals surface area contributed by atoms with Crippen molar-refractivity contribution in [2.24, 2.45) is 0 Å². The van der Waals surface area contributed by atoms with Gasteiger partial charge in [-0.25, -0.2) is 0 Å². The summed E-state index contributed by atoms with van der Waals surface area (Å²) in [5, 5.41) is 11.3. The Morgan fingerprint density at radius 3 is 1.90 bits per heavy atom. The van der Waals surface area contributed by atoms with Crippen LogP contribution in [-0.4, -0.2) is 14.7 Å². The van der Waals surface area contributed by atoms with Crippen molar-refractivity contribution in [3.63, 3.8) is 0 Å². The lowest BCUT2D eigenvalue weighted by atomic mass is 10.4. The minimum Gasteiger partial charge on any atom is -0.380 e. The van der Waals surface area contributed by atoms with Crippen molar-refractivity contribution in [2.45, 2.75) is 9.64 Å². The molecule has 7 heteroatoms. The molecule has 0 spiro atoms. The van der Waals surface area contributed by atoms with Crippen molar-refractivity contribution in [3.05, 3.63) is 59.1 Å². The van der Waals surface area contributed by atoms with Crippen LogP contribution in [0.15, 0.2) is 59.1 Å². The van der Waals surface area contributed by atoms with E-state index in [4.69, 9.17) is 34.8 Å². The Balaban J connectivity index is 2.65. The normalized spacial score (nSPS) is 16.2. The zero-order valence-corrected chi connectivity index (χ0v) is 15.3. The van der Waals surface area contributed by atoms with Gasteiger partial charge in [0.05, 0.1) is 0 Å². The van der Waals surface area contributed by atoms with Gasteiger partial charge in [-0.3, -0.25) is 0 Å². The van der Waals surface area contributed by atoms with Crippen LogP contribution in [0.1, 0.15) is 0 Å². The standard InChI is InChI=1S/C14H11BrCl3O2P/c15-10-6-8-12(9-7-10)21(20,13(19)14(16,17)18)11-4-2-1-3-5-11/h1-9,13,19H/t13-,21+/m0/s1. The first-order valence-corrected chi connectivity index (χ1v) is 9.63. The first kappa shape index (κ1) is 17.3. The van der Waals surface area contributed by atoms with E-state index < -0.39 is 16.8 Å². The first-order valence-electron chi connectivity index (χ1n) is 5.92. The Bertz CT molecular complexity index is 656. The second kappa shape index (κ2) is 6.62. The molecule has 0 radical (unpaired) electrons. The number of hydrogen-bond acceptors (Lipinski definition) is 2. The van der Waals surface area contributed by atoms with E-state index in [1.54, 1.807) is 54.6 Å². The van der Waals surface area contributed by atoms with Gasteiger partial charge in [0.1, 0.15) is 0 Å². The molecule has 0 aliphatic carbocycles. The number of benzene rings is 2. The zero-order valence-electron chi connectivity index (χ0n) is 10.6. The summed E-state index contributed by atoms with van der Waals surface area (Å²) < 4.78 is 12.3. The van der Waals surface area contributed by atoms with Crippen molar-refractivity contribution in [3.8, 4) is 0 Å². The topological polar surface area (TPSA) is 37.3 Å². The first-order chi connectivity index (χ1) is 9.76. The van der Waals surface area contributed by atoms with Gasteiger partial charge in [-0.15, -0.1) is 0 Å². The molecule has 0 aromatic heterocycles. The van der Waals surface area contributed by atoms with E-state index in [0.29, 0.717) is 10.6 Å². The van der Waals surface area contributed by atoms with Gasteiger partial charge < -0.3 is 9.67 Å². The van der Waals surface area contributed by atoms with Crippen LogP contribution in [0.2, 0.25) is 0 Å². The number of hydrogen-bond donors (Lipinski definition) is 1. The summed E-state index contributed by atoms with van der Waals surface area (Å²) in [5.74, 6) is -1.64. The van der Waals surface area contributed by atoms with Crippen LogP contribution < -0.4 is 10.6 Å². The summed E-state index contributed by atoms with van der Waals surface area (Å²) in [5.41, 5.74) is 0. The number of halogens is 4. The van der Waals surface area contributed by atoms with Gasteiger partial charge in [0, 0.05) is 15.1 Å². The fraction of sp³-hybridized carbons (Fsp3) is 0.143. The third-order valence-electron chi connectivity index (χ3n) is 2.99. The van der Waals surface area contributed by atoms with Gasteiger partial charge in [-0.05, 0) is 24.3 Å². The average molecular weight is 428 g/mol. The molecule has 112 valence electrons. The van der Waals surface area contributed by atoms with E-state index in [0.717, 1.165) is 4.47 Å². The van der Waals surface area contributed by atoms with Crippen LogP contribution in [-0.2, 0) is 4.57 Å². The third kappa shape index (κ3) is 3.67. The second-order valence-electron chi connectivity index (χ2n) is 4.39. The molecule has 0 aliphatic heterocycles. The zero-order chi connectivity index (χ0) is 15.7. The molecule has 2 aromatic rings. The van der Waals surface area contributed by atoms with Gasteiger partial charge >= 0.3 is 0 Å². The predicted molar refractivity (Wildman–Crippen MR) is 93.8 cm³/mol. The Labute approximate surface area is 146 Å². The molecule has 0 saturated carbocycles. The molecular weight excluding hydrogens is 417 g/mol. The molecule has 2 nitrogen and oxygen atoms in total. The molecule has 0 amide bonds. The molecule has 0 saturated heterocycles. The molecule has 0 aliphatic rings. The summed E-state index contributed by atoms with van der Waals surface area (Å²) in [6.07, 6.45) is 0. The van der Waals surface area contributed by atoms with E-state index in [9.17, 15) is 9.67 Å². The summed E-state index contributed by atoms with van der Waals surface area (Å²) in [6.45, 7) is 0. The van der Waals surface area contributed by atoms with E-state index in [2.05, 4.69) is 15.9 Å². The quantitative estimate of drug-likeness (QED) is 0.579. The third-order valence-corrected chi connectivity index (χ3v) is 7.80. The fourth-order valence-electron chi connectivity index (χ4n) is 1.95. The number of rotatable bonds is 3. The Morgan fingerprint density at radius 2 is 1.43 bits per heavy atom. The van der Waals surface area contributed by atoms with E-state index in [1.807, 2.05) is 0 Å². The molecular formula is C14H11BrCl3O2P. The highest BCUT2D eigenvalue weighted by Crippen LogP contribution is 2.55. The van der Waals surface area contributed by atoms with Gasteiger partial charge in [0.2, 0.25) is 3.79 Å². The van der Waals surface area contributed by atoms with E-state index >= 15 is 0 Å². The van der Waals surface area contributed by atoms with Crippen molar-refractivity contribution < 1.29 is 9.67 Å². The number of alkyl halides is 3. The molecule has 0 fully saturated rings. The maximum Gasteiger partial charge on any atom is 0.223 e. The van der Waals surface area contributed by atoms with Crippen LogP contribution in [0.5, 0.6) is 0 Å². The fourth-order valence-corrected chi connectivity index (χ4v) is 5.93. The van der Waals surface area contributed by atoms with Gasteiger partial charge in [-0.2, -0.15) is 0 Å². The number of aliphatic hydroxyl groups is 1. The summed E-state index contributed by atoms with van der Waals surface area (Å²) in [7, 11) is -3.52. The highest BCUT2D eigenvalue weighted by Gasteiger charge is 2.47. The molecule has 21 heavy (non-hydrogen) atoms. The molecule has 2 aromatic carbocycles. The highest BCUT2D eigenvalue weighted by atomic mass is 79.9. The van der Waals surface area contributed by atoms with Crippen molar-refractivity contribution in [2.75, 3.05) is 0 Å². The van der Waals surface area contributed by atoms with Crippen molar-refractivity contribution >= 4 is 68.5 Å². The van der Waals surface area contributed by atoms with Gasteiger partial charge in [0.15, 0.2) is 13.0 Å². The highest BCUT2D eigenvalue weighted by molar-refractivity contribution is 9.10. The lowest BCUT2D eigenvalue weighted by Crippen LogP contribution is -2.34. The van der Waals surface area contributed by atoms with Crippen LogP contribution in [0.4, 0.5) is 0 Å². The second-order valence-corrected chi connectivity index (χ2v) is 10.5. The lowest BCUT2D eigenvalue weighted by Gasteiger charge is -2.29. The van der Waals surface area contributed by atoms with Crippen molar-refractivity contribution in [1.82, 2.24) is 0 Å². The summed E-state index contributed by atoms with van der Waals surface area (Å²) in [4.78, 5) is 0. The monoisotopic (exact) mass is 426 g/mol. The van der Waals surface area contributed by atoms with E-state index in [1.165, 1.54) is 0 Å². The summed E-state index contributed by atoms with van der Waals surface area (Å²) >= 11 is 20.7. The van der Waals surface area contributed by atoms with Crippen LogP contribution in [0.25, 0.3) is 0 Å². The lowest BCUT2D eigenvalue weighted by molar-refractivity contribution is 0.255. The maximum absolute atomic E-state index is 13.6. The SMILES string of the molecule is O=[P@](c1ccccc1)(c1ccc(Br)cc1)[C@H](O)C(Cl)(Cl)Cl. The average Bonchev–Trinajstić information content (AvgIpc) is 2.46. The maximum atomic E-state index is 13.6. The Kier molecular flexibility index (Phi) is 5.46. The molecule has 0 heterocycles. The summed E-state index contributed by atoms with van der Waals surface area (Å²) in [6, 6.07) is 15.3. The smallest absolute Gasteiger partial charge is 0.223 e. The molecule has 2 rings (SSSR count). The van der Waals surface area contributed by atoms with Crippen LogP contribution in [0, 0.1) is 0 Å². The van der Waals surface area contributed by atoms with E-state index in [-0.39, 0.29) is 0 Å². The van der Waals surface area contributed by atoms with Crippen LogP contribution >= 0.6 is 57.9 Å². The minimum absolute atomic E-state index is 0.427. The van der Waals surface area contributed by atoms with Gasteiger partial charge in [0.25, 0.3) is 0 Å². The largest absolute Gasteiger partial charge is 0.380 e. The molecule has 1 N–H and O–H groups in total. The molecule has 0 bridgehead atoms. The number of aliphatic hydroxyl groups excluding tert-OH is 1. The minimum atomic E-state index is -3.52. The Hall–Kier alpha value is -0.0200. The predicted octanol–water partition coefficient (Wildman–Crippen LogP) is 4.45. The van der Waals surface area contributed by atoms with Crippen molar-refractivity contribution in [1.29, 1.82) is 0 Å². The molecule has 2 atom stereocenters. The van der Waals surface area contributed by atoms with Crippen LogP contribution in [0.3, 0.4) is 0 Å². The Morgan fingerprint density at radius 1 is 0.952 bits per heavy atom.